The van der Waals surface area contributed by atoms with E-state index in [9.17, 15) is 0 Å². The van der Waals surface area contributed by atoms with E-state index in [1.807, 2.05) is 0 Å². The van der Waals surface area contributed by atoms with E-state index < -0.39 is 0 Å². The number of allylic oxidation sites excluding steroid dienone is 2. The molecule has 5 atom stereocenters. The Balaban J connectivity index is 5.22. The molecule has 0 aliphatic rings. The highest BCUT2D eigenvalue weighted by molar-refractivity contribution is 5.11. The maximum absolute atomic E-state index is 2.63. The first-order valence-corrected chi connectivity index (χ1v) is 9.93. The van der Waals surface area contributed by atoms with Crippen LogP contribution >= 0.6 is 0 Å². The van der Waals surface area contributed by atoms with Crippen LogP contribution < -0.4 is 0 Å². The van der Waals surface area contributed by atoms with Crippen molar-refractivity contribution in [2.45, 2.75) is 101 Å². The predicted octanol–water partition coefficient (Wildman–Crippen LogP) is 7.88. The van der Waals surface area contributed by atoms with Crippen LogP contribution in [0.4, 0.5) is 0 Å². The maximum atomic E-state index is 2.63. The van der Waals surface area contributed by atoms with Crippen molar-refractivity contribution in [2.75, 3.05) is 0 Å². The summed E-state index contributed by atoms with van der Waals surface area (Å²) in [4.78, 5) is 0. The zero-order chi connectivity index (χ0) is 17.3. The van der Waals surface area contributed by atoms with Gasteiger partial charge in [0.2, 0.25) is 0 Å². The lowest BCUT2D eigenvalue weighted by Gasteiger charge is -2.34. The smallest absolute Gasteiger partial charge is 0.0234 e. The van der Waals surface area contributed by atoms with Gasteiger partial charge in [0.1, 0.15) is 0 Å². The van der Waals surface area contributed by atoms with E-state index in [0.717, 1.165) is 17.8 Å². The monoisotopic (exact) mass is 308 g/mol. The highest BCUT2D eigenvalue weighted by Gasteiger charge is 2.27. The Hall–Kier alpha value is -0.260. The molecular formula is C22H44. The fourth-order valence-corrected chi connectivity index (χ4v) is 3.35. The molecular weight excluding hydrogens is 264 g/mol. The van der Waals surface area contributed by atoms with Gasteiger partial charge >= 0.3 is 0 Å². The van der Waals surface area contributed by atoms with Crippen molar-refractivity contribution in [3.05, 3.63) is 11.6 Å². The lowest BCUT2D eigenvalue weighted by Crippen LogP contribution is -2.22. The van der Waals surface area contributed by atoms with E-state index in [0.29, 0.717) is 11.3 Å². The summed E-state index contributed by atoms with van der Waals surface area (Å²) in [5.74, 6) is 3.07. The second kappa shape index (κ2) is 10.5. The molecule has 0 aromatic carbocycles. The van der Waals surface area contributed by atoms with E-state index >= 15 is 0 Å². The van der Waals surface area contributed by atoms with Crippen molar-refractivity contribution >= 4 is 0 Å². The molecule has 0 N–H and O–H groups in total. The molecule has 0 nitrogen and oxygen atoms in total. The van der Waals surface area contributed by atoms with Gasteiger partial charge in [0, 0.05) is 0 Å². The Morgan fingerprint density at radius 1 is 0.909 bits per heavy atom. The van der Waals surface area contributed by atoms with E-state index in [1.54, 1.807) is 5.57 Å². The Kier molecular flexibility index (Phi) is 10.4. The molecule has 0 aromatic rings. The first-order chi connectivity index (χ1) is 10.2. The molecule has 0 aromatic heterocycles. The minimum absolute atomic E-state index is 0.472. The summed E-state index contributed by atoms with van der Waals surface area (Å²) >= 11 is 0. The van der Waals surface area contributed by atoms with Crippen molar-refractivity contribution < 1.29 is 0 Å². The fraction of sp³-hybridized carbons (Fsp3) is 0.909. The Morgan fingerprint density at radius 3 is 1.91 bits per heavy atom. The fourth-order valence-electron chi connectivity index (χ4n) is 3.35. The standard InChI is InChI=1S/C22H44/c1-10-17(5)15-22(9,13-4)16-21(19(7)12-3)14-20(8)18(6)11-2/h14,17-20H,10-13,15-16H2,1-9H3. The zero-order valence-electron chi connectivity index (χ0n) is 17.1. The molecule has 0 fully saturated rings. The highest BCUT2D eigenvalue weighted by atomic mass is 14.3. The third kappa shape index (κ3) is 7.34. The molecule has 5 unspecified atom stereocenters. The van der Waals surface area contributed by atoms with Crippen LogP contribution in [0.15, 0.2) is 11.6 Å². The summed E-state index contributed by atoms with van der Waals surface area (Å²) < 4.78 is 0. The molecule has 0 amide bonds. The molecule has 0 bridgehead atoms. The molecule has 0 aliphatic carbocycles. The van der Waals surface area contributed by atoms with Gasteiger partial charge in [-0.15, -0.1) is 0 Å². The minimum atomic E-state index is 0.472. The van der Waals surface area contributed by atoms with E-state index in [2.05, 4.69) is 68.4 Å². The summed E-state index contributed by atoms with van der Waals surface area (Å²) in [6, 6.07) is 0. The average molecular weight is 309 g/mol. The Morgan fingerprint density at radius 2 is 1.50 bits per heavy atom. The average Bonchev–Trinajstić information content (AvgIpc) is 2.52. The van der Waals surface area contributed by atoms with Crippen LogP contribution in [0.1, 0.15) is 101 Å². The SMILES string of the molecule is CCC(C)CC(C)(CC)CC(=CC(C)C(C)CC)C(C)CC. The molecule has 0 aliphatic heterocycles. The molecule has 0 rings (SSSR count). The van der Waals surface area contributed by atoms with E-state index in [1.165, 1.54) is 38.5 Å². The summed E-state index contributed by atoms with van der Waals surface area (Å²) in [5.41, 5.74) is 2.20. The second-order valence-electron chi connectivity index (χ2n) is 8.35. The second-order valence-corrected chi connectivity index (χ2v) is 8.35. The summed E-state index contributed by atoms with van der Waals surface area (Å²) in [5, 5.41) is 0. The number of hydrogen-bond acceptors (Lipinski definition) is 0. The molecule has 0 radical (unpaired) electrons. The van der Waals surface area contributed by atoms with Crippen LogP contribution in [-0.2, 0) is 0 Å². The van der Waals surface area contributed by atoms with Crippen LogP contribution in [0.2, 0.25) is 0 Å². The summed E-state index contributed by atoms with van der Waals surface area (Å²) in [7, 11) is 0. The van der Waals surface area contributed by atoms with Crippen LogP contribution in [0.5, 0.6) is 0 Å². The van der Waals surface area contributed by atoms with Gasteiger partial charge in [0.15, 0.2) is 0 Å². The zero-order valence-corrected chi connectivity index (χ0v) is 17.1. The van der Waals surface area contributed by atoms with Crippen LogP contribution in [-0.4, -0.2) is 0 Å². The quantitative estimate of drug-likeness (QED) is 0.340. The molecule has 0 saturated heterocycles. The predicted molar refractivity (Wildman–Crippen MR) is 103 cm³/mol. The molecule has 0 heterocycles. The Labute approximate surface area is 142 Å². The van der Waals surface area contributed by atoms with Gasteiger partial charge in [0.25, 0.3) is 0 Å². The maximum Gasteiger partial charge on any atom is -0.0234 e. The molecule has 22 heavy (non-hydrogen) atoms. The number of hydrogen-bond donors (Lipinski definition) is 0. The summed E-state index contributed by atoms with van der Waals surface area (Å²) in [6.45, 7) is 21.5. The normalized spacial score (nSPS) is 21.0. The lowest BCUT2D eigenvalue weighted by atomic mass is 9.71. The van der Waals surface area contributed by atoms with Crippen LogP contribution in [0.25, 0.3) is 0 Å². The Bertz CT molecular complexity index is 314. The van der Waals surface area contributed by atoms with Crippen molar-refractivity contribution in [1.82, 2.24) is 0 Å². The number of rotatable bonds is 11. The molecule has 132 valence electrons. The van der Waals surface area contributed by atoms with Gasteiger partial charge in [-0.25, -0.2) is 0 Å². The van der Waals surface area contributed by atoms with Crippen molar-refractivity contribution in [2.24, 2.45) is 29.1 Å². The highest BCUT2D eigenvalue weighted by Crippen LogP contribution is 2.40. The minimum Gasteiger partial charge on any atom is -0.0819 e. The third-order valence-corrected chi connectivity index (χ3v) is 6.29. The summed E-state index contributed by atoms with van der Waals surface area (Å²) in [6.07, 6.45) is 10.4. The van der Waals surface area contributed by atoms with Gasteiger partial charge in [-0.3, -0.25) is 0 Å². The van der Waals surface area contributed by atoms with Crippen LogP contribution in [0, 0.1) is 29.1 Å². The molecule has 0 saturated carbocycles. The van der Waals surface area contributed by atoms with Crippen molar-refractivity contribution in [3.8, 4) is 0 Å². The molecule has 0 heteroatoms. The third-order valence-electron chi connectivity index (χ3n) is 6.29. The van der Waals surface area contributed by atoms with Crippen LogP contribution in [0.3, 0.4) is 0 Å². The van der Waals surface area contributed by atoms with Gasteiger partial charge < -0.3 is 0 Å². The topological polar surface area (TPSA) is 0 Å². The largest absolute Gasteiger partial charge is 0.0819 e. The van der Waals surface area contributed by atoms with Crippen molar-refractivity contribution in [1.29, 1.82) is 0 Å². The van der Waals surface area contributed by atoms with Gasteiger partial charge in [-0.1, -0.05) is 93.2 Å². The lowest BCUT2D eigenvalue weighted by molar-refractivity contribution is 0.225. The first-order valence-electron chi connectivity index (χ1n) is 9.93. The first kappa shape index (κ1) is 21.7. The van der Waals surface area contributed by atoms with Gasteiger partial charge in [-0.05, 0) is 48.3 Å². The van der Waals surface area contributed by atoms with E-state index in [-0.39, 0.29) is 0 Å². The van der Waals surface area contributed by atoms with Gasteiger partial charge in [0.05, 0.1) is 0 Å². The van der Waals surface area contributed by atoms with Gasteiger partial charge in [-0.2, -0.15) is 0 Å². The van der Waals surface area contributed by atoms with E-state index in [4.69, 9.17) is 0 Å². The molecule has 0 spiro atoms. The van der Waals surface area contributed by atoms with Crippen molar-refractivity contribution in [3.63, 3.8) is 0 Å².